The zero-order valence-corrected chi connectivity index (χ0v) is 13.3. The van der Waals surface area contributed by atoms with E-state index in [1.54, 1.807) is 6.20 Å². The second-order valence-electron chi connectivity index (χ2n) is 4.79. The van der Waals surface area contributed by atoms with Gasteiger partial charge in [-0.1, -0.05) is 39.5 Å². The highest BCUT2D eigenvalue weighted by atomic mass is 35.7. The molecule has 0 amide bonds. The van der Waals surface area contributed by atoms with Gasteiger partial charge in [-0.05, 0) is 12.8 Å². The number of rotatable bonds is 9. The summed E-state index contributed by atoms with van der Waals surface area (Å²) in [5, 5.41) is -0.0221. The molecule has 0 aliphatic rings. The second-order valence-corrected chi connectivity index (χ2v) is 7.30. The van der Waals surface area contributed by atoms with Crippen molar-refractivity contribution >= 4 is 19.7 Å². The smallest absolute Gasteiger partial charge is 0.280 e. The number of aryl methyl sites for hydroxylation is 2. The summed E-state index contributed by atoms with van der Waals surface area (Å²) in [7, 11) is 1.62. The lowest BCUT2D eigenvalue weighted by Gasteiger charge is -2.06. The number of hydrogen-bond acceptors (Lipinski definition) is 3. The van der Waals surface area contributed by atoms with Crippen LogP contribution in [0.15, 0.2) is 11.2 Å². The lowest BCUT2D eigenvalue weighted by molar-refractivity contribution is 0.551. The van der Waals surface area contributed by atoms with Gasteiger partial charge in [-0.2, -0.15) is 0 Å². The maximum absolute atomic E-state index is 11.3. The van der Waals surface area contributed by atoms with Crippen LogP contribution in [0.2, 0.25) is 0 Å². The molecule has 0 N–H and O–H groups in total. The molecule has 19 heavy (non-hydrogen) atoms. The van der Waals surface area contributed by atoms with Gasteiger partial charge in [0.15, 0.2) is 5.03 Å². The molecule has 1 aromatic heterocycles. The molecule has 0 saturated heterocycles. The monoisotopic (exact) mass is 306 g/mol. The Morgan fingerprint density at radius 1 is 1.16 bits per heavy atom. The summed E-state index contributed by atoms with van der Waals surface area (Å²) in [6.07, 6.45) is 9.21. The third kappa shape index (κ3) is 5.53. The molecule has 0 saturated carbocycles. The Bertz CT molecular complexity index is 483. The maximum Gasteiger partial charge on any atom is 0.280 e. The highest BCUT2D eigenvalue weighted by molar-refractivity contribution is 8.13. The molecule has 0 radical (unpaired) electrons. The first-order valence-electron chi connectivity index (χ1n) is 6.99. The number of imidazole rings is 1. The van der Waals surface area contributed by atoms with Gasteiger partial charge in [-0.25, -0.2) is 13.4 Å². The normalized spacial score (nSPS) is 11.9. The number of aromatic nitrogens is 2. The van der Waals surface area contributed by atoms with Crippen molar-refractivity contribution in [2.75, 3.05) is 0 Å². The van der Waals surface area contributed by atoms with Crippen molar-refractivity contribution in [1.82, 2.24) is 9.55 Å². The van der Waals surface area contributed by atoms with E-state index < -0.39 is 9.05 Å². The molecule has 0 bridgehead atoms. The van der Waals surface area contributed by atoms with Gasteiger partial charge in [0.2, 0.25) is 0 Å². The van der Waals surface area contributed by atoms with E-state index in [1.807, 2.05) is 4.57 Å². The van der Waals surface area contributed by atoms with E-state index in [0.717, 1.165) is 31.6 Å². The minimum Gasteiger partial charge on any atom is -0.333 e. The Kier molecular flexibility index (Phi) is 6.86. The molecule has 0 aliphatic carbocycles. The van der Waals surface area contributed by atoms with E-state index in [4.69, 9.17) is 10.7 Å². The highest BCUT2D eigenvalue weighted by Crippen LogP contribution is 2.16. The van der Waals surface area contributed by atoms with E-state index >= 15 is 0 Å². The average Bonchev–Trinajstić information content (AvgIpc) is 2.73. The fourth-order valence-corrected chi connectivity index (χ4v) is 2.74. The Balaban J connectivity index is 2.67. The zero-order valence-electron chi connectivity index (χ0n) is 11.7. The minimum absolute atomic E-state index is 0.0221. The van der Waals surface area contributed by atoms with Crippen molar-refractivity contribution in [1.29, 1.82) is 0 Å². The standard InChI is InChI=1S/C13H23ClN2O2S/c1-3-5-6-7-8-10-16-11-13(19(14,17)18)15-12(16)9-4-2/h11H,3-10H2,1-2H3. The minimum atomic E-state index is -3.72. The van der Waals surface area contributed by atoms with Crippen LogP contribution in [0.1, 0.15) is 58.2 Å². The Morgan fingerprint density at radius 2 is 1.84 bits per heavy atom. The molecular formula is C13H23ClN2O2S. The first kappa shape index (κ1) is 16.5. The fraction of sp³-hybridized carbons (Fsp3) is 0.769. The van der Waals surface area contributed by atoms with Crippen LogP contribution in [-0.2, 0) is 22.0 Å². The van der Waals surface area contributed by atoms with Crippen LogP contribution >= 0.6 is 10.7 Å². The van der Waals surface area contributed by atoms with Crippen LogP contribution in [-0.4, -0.2) is 18.0 Å². The first-order chi connectivity index (χ1) is 8.99. The predicted molar refractivity (Wildman–Crippen MR) is 78.0 cm³/mol. The Labute approximate surface area is 120 Å². The van der Waals surface area contributed by atoms with Gasteiger partial charge in [0.05, 0.1) is 0 Å². The Hall–Kier alpha value is -0.550. The average molecular weight is 307 g/mol. The van der Waals surface area contributed by atoms with Gasteiger partial charge in [0, 0.05) is 29.8 Å². The van der Waals surface area contributed by atoms with E-state index in [2.05, 4.69) is 18.8 Å². The first-order valence-corrected chi connectivity index (χ1v) is 9.30. The second kappa shape index (κ2) is 7.90. The molecule has 0 fully saturated rings. The summed E-state index contributed by atoms with van der Waals surface area (Å²) in [6, 6.07) is 0. The van der Waals surface area contributed by atoms with Crippen LogP contribution in [0, 0.1) is 0 Å². The van der Waals surface area contributed by atoms with Crippen molar-refractivity contribution in [2.24, 2.45) is 0 Å². The molecule has 1 heterocycles. The van der Waals surface area contributed by atoms with Crippen molar-refractivity contribution in [2.45, 2.75) is 70.4 Å². The van der Waals surface area contributed by atoms with Gasteiger partial charge < -0.3 is 4.57 Å². The summed E-state index contributed by atoms with van der Waals surface area (Å²) < 4.78 is 24.6. The third-order valence-corrected chi connectivity index (χ3v) is 4.23. The number of halogens is 1. The fourth-order valence-electron chi connectivity index (χ4n) is 2.05. The van der Waals surface area contributed by atoms with Gasteiger partial charge in [0.1, 0.15) is 5.82 Å². The maximum atomic E-state index is 11.3. The van der Waals surface area contributed by atoms with Gasteiger partial charge in [-0.3, -0.25) is 0 Å². The molecule has 1 rings (SSSR count). The topological polar surface area (TPSA) is 52.0 Å². The van der Waals surface area contributed by atoms with Crippen LogP contribution in [0.3, 0.4) is 0 Å². The van der Waals surface area contributed by atoms with E-state index in [-0.39, 0.29) is 5.03 Å². The highest BCUT2D eigenvalue weighted by Gasteiger charge is 2.17. The van der Waals surface area contributed by atoms with E-state index in [0.29, 0.717) is 0 Å². The van der Waals surface area contributed by atoms with Crippen molar-refractivity contribution in [3.05, 3.63) is 12.0 Å². The molecule has 0 atom stereocenters. The summed E-state index contributed by atoms with van der Waals surface area (Å²) in [5.74, 6) is 0.817. The quantitative estimate of drug-likeness (QED) is 0.516. The number of hydrogen-bond donors (Lipinski definition) is 0. The van der Waals surface area contributed by atoms with Crippen LogP contribution in [0.5, 0.6) is 0 Å². The zero-order chi connectivity index (χ0) is 14.3. The molecule has 0 unspecified atom stereocenters. The molecule has 0 aliphatic heterocycles. The molecule has 1 aromatic rings. The van der Waals surface area contributed by atoms with Crippen LogP contribution in [0.25, 0.3) is 0 Å². The van der Waals surface area contributed by atoms with Crippen molar-refractivity contribution in [3.8, 4) is 0 Å². The molecular weight excluding hydrogens is 284 g/mol. The summed E-state index contributed by atoms with van der Waals surface area (Å²) in [5.41, 5.74) is 0. The third-order valence-electron chi connectivity index (χ3n) is 3.06. The summed E-state index contributed by atoms with van der Waals surface area (Å²) in [4.78, 5) is 4.13. The lowest BCUT2D eigenvalue weighted by atomic mass is 10.1. The largest absolute Gasteiger partial charge is 0.333 e. The predicted octanol–water partition coefficient (Wildman–Crippen LogP) is 3.73. The van der Waals surface area contributed by atoms with Crippen molar-refractivity contribution in [3.63, 3.8) is 0 Å². The Morgan fingerprint density at radius 3 is 2.42 bits per heavy atom. The van der Waals surface area contributed by atoms with Crippen LogP contribution in [0.4, 0.5) is 0 Å². The van der Waals surface area contributed by atoms with Crippen LogP contribution < -0.4 is 0 Å². The number of nitrogens with zero attached hydrogens (tertiary/aromatic N) is 2. The van der Waals surface area contributed by atoms with E-state index in [9.17, 15) is 8.42 Å². The van der Waals surface area contributed by atoms with Gasteiger partial charge >= 0.3 is 0 Å². The van der Waals surface area contributed by atoms with Crippen molar-refractivity contribution < 1.29 is 8.42 Å². The molecule has 110 valence electrons. The van der Waals surface area contributed by atoms with Gasteiger partial charge in [0.25, 0.3) is 9.05 Å². The number of unbranched alkanes of at least 4 members (excludes halogenated alkanes) is 4. The van der Waals surface area contributed by atoms with E-state index in [1.165, 1.54) is 25.7 Å². The molecule has 0 spiro atoms. The van der Waals surface area contributed by atoms with Gasteiger partial charge in [-0.15, -0.1) is 0 Å². The lowest BCUT2D eigenvalue weighted by Crippen LogP contribution is -2.02. The molecule has 0 aromatic carbocycles. The molecule has 4 nitrogen and oxygen atoms in total. The summed E-state index contributed by atoms with van der Waals surface area (Å²) >= 11 is 0. The summed E-state index contributed by atoms with van der Waals surface area (Å²) in [6.45, 7) is 5.06. The molecule has 6 heteroatoms. The SMILES string of the molecule is CCCCCCCn1cc(S(=O)(=O)Cl)nc1CCC.